The molecule has 6 heteroatoms. The fourth-order valence-corrected chi connectivity index (χ4v) is 2.82. The maximum Gasteiger partial charge on any atom is 0.273 e. The van der Waals surface area contributed by atoms with E-state index in [1.54, 1.807) is 7.05 Å². The predicted octanol–water partition coefficient (Wildman–Crippen LogP) is 3.81. The van der Waals surface area contributed by atoms with Gasteiger partial charge in [-0.05, 0) is 24.5 Å². The highest BCUT2D eigenvalue weighted by molar-refractivity contribution is 6.45. The number of likely N-dealkylation sites (N-methyl/N-ethyl adjacent to an activating group) is 1. The number of benzene rings is 2. The van der Waals surface area contributed by atoms with Crippen molar-refractivity contribution in [2.45, 2.75) is 33.3 Å². The highest BCUT2D eigenvalue weighted by Gasteiger charge is 2.19. The van der Waals surface area contributed by atoms with Crippen molar-refractivity contribution >= 4 is 17.3 Å². The van der Waals surface area contributed by atoms with Crippen LogP contribution in [0, 0.1) is 6.92 Å². The molecule has 6 nitrogen and oxygen atoms in total. The minimum atomic E-state index is -0.326. The molecule has 0 aliphatic heterocycles. The number of hydrogen-bond acceptors (Lipinski definition) is 5. The Bertz CT molecular complexity index is 845. The van der Waals surface area contributed by atoms with Crippen LogP contribution in [0.15, 0.2) is 58.8 Å². The normalized spacial score (nSPS) is 11.9. The second-order valence-corrected chi connectivity index (χ2v) is 6.23. The maximum atomic E-state index is 12.2. The zero-order valence-electron chi connectivity index (χ0n) is 16.9. The quantitative estimate of drug-likeness (QED) is 0.530. The zero-order chi connectivity index (χ0) is 20.4. The Kier molecular flexibility index (Phi) is 8.21. The van der Waals surface area contributed by atoms with Gasteiger partial charge in [-0.2, -0.15) is 0 Å². The number of nitrogens with one attached hydrogen (secondary N) is 1. The number of nitrogens with zero attached hydrogens (tertiary/aromatic N) is 2. The molecule has 0 atom stereocenters. The Balaban J connectivity index is 2.31. The monoisotopic (exact) mass is 381 g/mol. The first-order valence-corrected chi connectivity index (χ1v) is 9.28. The third-order valence-electron chi connectivity index (χ3n) is 4.27. The van der Waals surface area contributed by atoms with Gasteiger partial charge in [0.15, 0.2) is 5.71 Å². The molecule has 2 aromatic rings. The molecule has 0 radical (unpaired) electrons. The second-order valence-electron chi connectivity index (χ2n) is 6.23. The van der Waals surface area contributed by atoms with Gasteiger partial charge in [-0.25, -0.2) is 0 Å². The van der Waals surface area contributed by atoms with E-state index in [4.69, 9.17) is 9.68 Å². The first-order chi connectivity index (χ1) is 13.6. The lowest BCUT2D eigenvalue weighted by Gasteiger charge is -2.13. The number of rotatable bonds is 9. The molecule has 0 saturated heterocycles. The van der Waals surface area contributed by atoms with Crippen LogP contribution in [0.4, 0.5) is 0 Å². The molecule has 0 fully saturated rings. The SMILES string of the molecule is CCC/C(=N\OCc1c(C)cccc1/C(=N\OC)C(=O)NC)c1ccccc1. The summed E-state index contributed by atoms with van der Waals surface area (Å²) in [4.78, 5) is 22.8. The fourth-order valence-electron chi connectivity index (χ4n) is 2.82. The smallest absolute Gasteiger partial charge is 0.273 e. The molecular formula is C22H27N3O3. The van der Waals surface area contributed by atoms with Crippen LogP contribution in [0.3, 0.4) is 0 Å². The van der Waals surface area contributed by atoms with E-state index in [0.29, 0.717) is 5.56 Å². The Hall–Kier alpha value is -3.15. The number of aryl methyl sites for hydroxylation is 1. The second kappa shape index (κ2) is 10.9. The van der Waals surface area contributed by atoms with Crippen molar-refractivity contribution in [3.05, 3.63) is 70.8 Å². The van der Waals surface area contributed by atoms with Crippen LogP contribution in [0.25, 0.3) is 0 Å². The number of amides is 1. The van der Waals surface area contributed by atoms with Gasteiger partial charge in [0.25, 0.3) is 5.91 Å². The summed E-state index contributed by atoms with van der Waals surface area (Å²) in [5, 5.41) is 10.9. The molecular weight excluding hydrogens is 354 g/mol. The molecule has 0 unspecified atom stereocenters. The van der Waals surface area contributed by atoms with Crippen LogP contribution < -0.4 is 5.32 Å². The van der Waals surface area contributed by atoms with E-state index in [9.17, 15) is 4.79 Å². The summed E-state index contributed by atoms with van der Waals surface area (Å²) in [7, 11) is 2.97. The van der Waals surface area contributed by atoms with E-state index in [2.05, 4.69) is 22.6 Å². The molecule has 28 heavy (non-hydrogen) atoms. The Labute approximate surface area is 166 Å². The average Bonchev–Trinajstić information content (AvgIpc) is 2.72. The summed E-state index contributed by atoms with van der Waals surface area (Å²) in [6.45, 7) is 4.29. The topological polar surface area (TPSA) is 72.3 Å². The van der Waals surface area contributed by atoms with Crippen molar-refractivity contribution in [3.8, 4) is 0 Å². The van der Waals surface area contributed by atoms with E-state index >= 15 is 0 Å². The molecule has 0 aliphatic carbocycles. The van der Waals surface area contributed by atoms with E-state index < -0.39 is 0 Å². The molecule has 0 heterocycles. The van der Waals surface area contributed by atoms with Gasteiger partial charge in [0, 0.05) is 18.2 Å². The molecule has 0 spiro atoms. The summed E-state index contributed by atoms with van der Waals surface area (Å²) < 4.78 is 0. The van der Waals surface area contributed by atoms with Crippen LogP contribution in [-0.4, -0.2) is 31.5 Å². The van der Waals surface area contributed by atoms with Gasteiger partial charge in [0.05, 0.1) is 5.71 Å². The molecule has 0 bridgehead atoms. The molecule has 2 aromatic carbocycles. The van der Waals surface area contributed by atoms with E-state index in [1.807, 2.05) is 55.5 Å². The number of carbonyl (C=O) groups is 1. The fraction of sp³-hybridized carbons (Fsp3) is 0.318. The lowest BCUT2D eigenvalue weighted by atomic mass is 9.98. The third kappa shape index (κ3) is 5.42. The van der Waals surface area contributed by atoms with Gasteiger partial charge in [0.1, 0.15) is 13.7 Å². The summed E-state index contributed by atoms with van der Waals surface area (Å²) in [5.74, 6) is -0.326. The first-order valence-electron chi connectivity index (χ1n) is 9.28. The minimum Gasteiger partial charge on any atom is -0.398 e. The Morgan fingerprint density at radius 3 is 2.46 bits per heavy atom. The van der Waals surface area contributed by atoms with Crippen molar-refractivity contribution in [1.82, 2.24) is 5.32 Å². The minimum absolute atomic E-state index is 0.202. The van der Waals surface area contributed by atoms with Crippen LogP contribution >= 0.6 is 0 Å². The van der Waals surface area contributed by atoms with E-state index in [-0.39, 0.29) is 18.2 Å². The van der Waals surface area contributed by atoms with Gasteiger partial charge in [-0.15, -0.1) is 0 Å². The molecule has 1 amide bonds. The molecule has 0 aromatic heterocycles. The van der Waals surface area contributed by atoms with Crippen molar-refractivity contribution in [2.75, 3.05) is 14.2 Å². The van der Waals surface area contributed by atoms with E-state index in [1.165, 1.54) is 7.11 Å². The van der Waals surface area contributed by atoms with Gasteiger partial charge in [-0.1, -0.05) is 72.2 Å². The summed E-state index contributed by atoms with van der Waals surface area (Å²) in [6, 6.07) is 15.6. The lowest BCUT2D eigenvalue weighted by Crippen LogP contribution is -2.29. The number of carbonyl (C=O) groups excluding carboxylic acids is 1. The summed E-state index contributed by atoms with van der Waals surface area (Å²) in [6.07, 6.45) is 1.79. The average molecular weight is 381 g/mol. The largest absolute Gasteiger partial charge is 0.398 e. The van der Waals surface area contributed by atoms with Crippen LogP contribution in [0.5, 0.6) is 0 Å². The third-order valence-corrected chi connectivity index (χ3v) is 4.27. The van der Waals surface area contributed by atoms with Crippen LogP contribution in [-0.2, 0) is 21.1 Å². The Morgan fingerprint density at radius 2 is 1.82 bits per heavy atom. The number of hydrogen-bond donors (Lipinski definition) is 1. The maximum absolute atomic E-state index is 12.2. The van der Waals surface area contributed by atoms with Crippen molar-refractivity contribution in [3.63, 3.8) is 0 Å². The van der Waals surface area contributed by atoms with Crippen molar-refractivity contribution in [2.24, 2.45) is 10.3 Å². The van der Waals surface area contributed by atoms with Gasteiger partial charge >= 0.3 is 0 Å². The van der Waals surface area contributed by atoms with Crippen molar-refractivity contribution < 1.29 is 14.5 Å². The molecule has 148 valence electrons. The standard InChI is InChI=1S/C22H27N3O3/c1-5-10-20(17-12-7-6-8-13-17)24-28-15-19-16(2)11-9-14-18(19)21(25-27-4)22(26)23-3/h6-9,11-14H,5,10,15H2,1-4H3,(H,23,26)/b24-20+,25-21+. The highest BCUT2D eigenvalue weighted by atomic mass is 16.6. The molecule has 2 rings (SSSR count). The van der Waals surface area contributed by atoms with Crippen LogP contribution in [0.1, 0.15) is 42.0 Å². The predicted molar refractivity (Wildman–Crippen MR) is 111 cm³/mol. The van der Waals surface area contributed by atoms with Gasteiger partial charge < -0.3 is 15.0 Å². The van der Waals surface area contributed by atoms with Crippen LogP contribution in [0.2, 0.25) is 0 Å². The van der Waals surface area contributed by atoms with Gasteiger partial charge in [0.2, 0.25) is 0 Å². The molecule has 0 saturated carbocycles. The number of oxime groups is 2. The Morgan fingerprint density at radius 1 is 1.07 bits per heavy atom. The summed E-state index contributed by atoms with van der Waals surface area (Å²) in [5.41, 5.74) is 4.63. The first kappa shape index (κ1) is 21.2. The molecule has 0 aliphatic rings. The van der Waals surface area contributed by atoms with E-state index in [0.717, 1.165) is 35.2 Å². The van der Waals surface area contributed by atoms with Crippen molar-refractivity contribution in [1.29, 1.82) is 0 Å². The zero-order valence-corrected chi connectivity index (χ0v) is 16.9. The highest BCUT2D eigenvalue weighted by Crippen LogP contribution is 2.18. The lowest BCUT2D eigenvalue weighted by molar-refractivity contribution is -0.114. The van der Waals surface area contributed by atoms with Gasteiger partial charge in [-0.3, -0.25) is 4.79 Å². The summed E-state index contributed by atoms with van der Waals surface area (Å²) >= 11 is 0. The molecule has 1 N–H and O–H groups in total.